The van der Waals surface area contributed by atoms with E-state index in [1.807, 2.05) is 36.4 Å². The van der Waals surface area contributed by atoms with E-state index in [0.29, 0.717) is 11.4 Å². The Labute approximate surface area is 141 Å². The van der Waals surface area contributed by atoms with Crippen LogP contribution in [0.15, 0.2) is 59.1 Å². The molecule has 0 aliphatic carbocycles. The van der Waals surface area contributed by atoms with E-state index in [1.54, 1.807) is 25.3 Å². The fraction of sp³-hybridized carbons (Fsp3) is 0.0588. The quantitative estimate of drug-likeness (QED) is 0.751. The second-order valence-corrected chi connectivity index (χ2v) is 5.75. The van der Waals surface area contributed by atoms with E-state index in [9.17, 15) is 9.90 Å². The van der Waals surface area contributed by atoms with Crippen LogP contribution < -0.4 is 4.74 Å². The Balaban J connectivity index is 2.07. The molecule has 0 unspecified atom stereocenters. The highest BCUT2D eigenvalue weighted by molar-refractivity contribution is 9.10. The maximum atomic E-state index is 11.5. The molecule has 0 aliphatic heterocycles. The molecule has 1 aromatic heterocycles. The SMILES string of the molecule is COc1ccc(-c2cc(C(=O)O)n(-c3ccc(Br)cc3)n2)cc1. The first-order valence-corrected chi connectivity index (χ1v) is 7.61. The summed E-state index contributed by atoms with van der Waals surface area (Å²) < 4.78 is 7.47. The molecule has 3 aromatic rings. The van der Waals surface area contributed by atoms with Gasteiger partial charge in [0.2, 0.25) is 0 Å². The molecule has 0 aliphatic rings. The van der Waals surface area contributed by atoms with Crippen LogP contribution in [0.25, 0.3) is 16.9 Å². The number of aromatic nitrogens is 2. The van der Waals surface area contributed by atoms with Gasteiger partial charge in [-0.25, -0.2) is 9.48 Å². The Morgan fingerprint density at radius 3 is 2.35 bits per heavy atom. The molecule has 5 nitrogen and oxygen atoms in total. The smallest absolute Gasteiger partial charge is 0.354 e. The van der Waals surface area contributed by atoms with Gasteiger partial charge < -0.3 is 9.84 Å². The largest absolute Gasteiger partial charge is 0.497 e. The number of carboxylic acids is 1. The van der Waals surface area contributed by atoms with Crippen LogP contribution >= 0.6 is 15.9 Å². The summed E-state index contributed by atoms with van der Waals surface area (Å²) in [5, 5.41) is 13.9. The number of halogens is 1. The Morgan fingerprint density at radius 1 is 1.13 bits per heavy atom. The molecule has 116 valence electrons. The fourth-order valence-corrected chi connectivity index (χ4v) is 2.48. The van der Waals surface area contributed by atoms with Crippen LogP contribution in [0, 0.1) is 0 Å². The van der Waals surface area contributed by atoms with E-state index in [1.165, 1.54) is 4.68 Å². The third-order valence-electron chi connectivity index (χ3n) is 3.39. The molecule has 2 aromatic carbocycles. The van der Waals surface area contributed by atoms with Crippen molar-refractivity contribution in [1.82, 2.24) is 9.78 Å². The highest BCUT2D eigenvalue weighted by Crippen LogP contribution is 2.24. The number of methoxy groups -OCH3 is 1. The monoisotopic (exact) mass is 372 g/mol. The summed E-state index contributed by atoms with van der Waals surface area (Å²) in [4.78, 5) is 11.5. The molecular formula is C17H13BrN2O3. The molecule has 0 atom stereocenters. The topological polar surface area (TPSA) is 64.3 Å². The van der Waals surface area contributed by atoms with Crippen LogP contribution in [0.2, 0.25) is 0 Å². The van der Waals surface area contributed by atoms with Gasteiger partial charge in [0.25, 0.3) is 0 Å². The lowest BCUT2D eigenvalue weighted by molar-refractivity contribution is 0.0687. The number of ether oxygens (including phenoxy) is 1. The highest BCUT2D eigenvalue weighted by atomic mass is 79.9. The lowest BCUT2D eigenvalue weighted by atomic mass is 10.1. The van der Waals surface area contributed by atoms with Gasteiger partial charge >= 0.3 is 5.97 Å². The first kappa shape index (κ1) is 15.3. The van der Waals surface area contributed by atoms with Gasteiger partial charge in [-0.1, -0.05) is 15.9 Å². The van der Waals surface area contributed by atoms with Crippen molar-refractivity contribution in [3.05, 3.63) is 64.8 Å². The van der Waals surface area contributed by atoms with Crippen molar-refractivity contribution < 1.29 is 14.6 Å². The molecule has 6 heteroatoms. The van der Waals surface area contributed by atoms with Crippen LogP contribution in [0.4, 0.5) is 0 Å². The summed E-state index contributed by atoms with van der Waals surface area (Å²) >= 11 is 3.36. The first-order chi connectivity index (χ1) is 11.1. The molecule has 3 rings (SSSR count). The molecule has 0 saturated heterocycles. The third kappa shape index (κ3) is 3.12. The minimum atomic E-state index is -1.03. The number of hydrogen-bond donors (Lipinski definition) is 1. The van der Waals surface area contributed by atoms with Crippen molar-refractivity contribution in [2.45, 2.75) is 0 Å². The third-order valence-corrected chi connectivity index (χ3v) is 3.91. The van der Waals surface area contributed by atoms with Crippen LogP contribution in [-0.4, -0.2) is 28.0 Å². The number of carbonyl (C=O) groups is 1. The van der Waals surface area contributed by atoms with Crippen molar-refractivity contribution >= 4 is 21.9 Å². The summed E-state index contributed by atoms with van der Waals surface area (Å²) in [6.07, 6.45) is 0. The van der Waals surface area contributed by atoms with Gasteiger partial charge in [0, 0.05) is 10.0 Å². The molecule has 23 heavy (non-hydrogen) atoms. The fourth-order valence-electron chi connectivity index (χ4n) is 2.22. The Bertz CT molecular complexity index is 839. The van der Waals surface area contributed by atoms with Crippen molar-refractivity contribution in [2.75, 3.05) is 7.11 Å². The zero-order valence-electron chi connectivity index (χ0n) is 12.2. The normalized spacial score (nSPS) is 10.5. The summed E-state index contributed by atoms with van der Waals surface area (Å²) in [6.45, 7) is 0. The Kier molecular flexibility index (Phi) is 4.16. The predicted octanol–water partition coefficient (Wildman–Crippen LogP) is 4.01. The molecule has 1 N–H and O–H groups in total. The molecule has 1 heterocycles. The van der Waals surface area contributed by atoms with E-state index in [4.69, 9.17) is 4.74 Å². The van der Waals surface area contributed by atoms with Crippen LogP contribution in [0.1, 0.15) is 10.5 Å². The lowest BCUT2D eigenvalue weighted by Gasteiger charge is -2.04. The predicted molar refractivity (Wildman–Crippen MR) is 90.2 cm³/mol. The summed E-state index contributed by atoms with van der Waals surface area (Å²) in [5.74, 6) is -0.292. The molecule has 0 bridgehead atoms. The molecule has 0 amide bonds. The van der Waals surface area contributed by atoms with Crippen LogP contribution in [-0.2, 0) is 0 Å². The number of benzene rings is 2. The van der Waals surface area contributed by atoms with Gasteiger partial charge in [0.05, 0.1) is 18.5 Å². The maximum Gasteiger partial charge on any atom is 0.354 e. The van der Waals surface area contributed by atoms with Gasteiger partial charge in [0.15, 0.2) is 5.69 Å². The van der Waals surface area contributed by atoms with Crippen molar-refractivity contribution in [3.8, 4) is 22.7 Å². The molecule has 0 fully saturated rings. The maximum absolute atomic E-state index is 11.5. The van der Waals surface area contributed by atoms with Gasteiger partial charge in [-0.3, -0.25) is 0 Å². The zero-order valence-corrected chi connectivity index (χ0v) is 13.8. The van der Waals surface area contributed by atoms with Crippen molar-refractivity contribution in [3.63, 3.8) is 0 Å². The first-order valence-electron chi connectivity index (χ1n) is 6.82. The highest BCUT2D eigenvalue weighted by Gasteiger charge is 2.16. The van der Waals surface area contributed by atoms with Crippen molar-refractivity contribution in [2.24, 2.45) is 0 Å². The summed E-state index contributed by atoms with van der Waals surface area (Å²) in [5.41, 5.74) is 2.21. The lowest BCUT2D eigenvalue weighted by Crippen LogP contribution is -2.07. The van der Waals surface area contributed by atoms with E-state index < -0.39 is 5.97 Å². The zero-order chi connectivity index (χ0) is 16.4. The van der Waals surface area contributed by atoms with Crippen LogP contribution in [0.5, 0.6) is 5.75 Å². The summed E-state index contributed by atoms with van der Waals surface area (Å²) in [6, 6.07) is 16.2. The van der Waals surface area contributed by atoms with E-state index >= 15 is 0 Å². The second kappa shape index (κ2) is 6.26. The Morgan fingerprint density at radius 2 is 1.78 bits per heavy atom. The molecular weight excluding hydrogens is 360 g/mol. The number of rotatable bonds is 4. The average molecular weight is 373 g/mol. The summed E-state index contributed by atoms with van der Waals surface area (Å²) in [7, 11) is 1.60. The van der Waals surface area contributed by atoms with E-state index in [2.05, 4.69) is 21.0 Å². The molecule has 0 saturated carbocycles. The van der Waals surface area contributed by atoms with Gasteiger partial charge in [-0.05, 0) is 54.6 Å². The number of aromatic carboxylic acids is 1. The van der Waals surface area contributed by atoms with Crippen LogP contribution in [0.3, 0.4) is 0 Å². The van der Waals surface area contributed by atoms with Gasteiger partial charge in [-0.2, -0.15) is 5.10 Å². The minimum absolute atomic E-state index is 0.109. The van der Waals surface area contributed by atoms with Gasteiger partial charge in [-0.15, -0.1) is 0 Å². The van der Waals surface area contributed by atoms with Crippen molar-refractivity contribution in [1.29, 1.82) is 0 Å². The number of carboxylic acid groups (broad SMARTS) is 1. The Hall–Kier alpha value is -2.60. The van der Waals surface area contributed by atoms with Gasteiger partial charge in [0.1, 0.15) is 5.75 Å². The second-order valence-electron chi connectivity index (χ2n) is 4.84. The van der Waals surface area contributed by atoms with E-state index in [-0.39, 0.29) is 5.69 Å². The minimum Gasteiger partial charge on any atom is -0.497 e. The standard InChI is InChI=1S/C17H13BrN2O3/c1-23-14-8-2-11(3-9-14)15-10-16(17(21)22)20(19-15)13-6-4-12(18)5-7-13/h2-10H,1H3,(H,21,22). The molecule has 0 radical (unpaired) electrons. The average Bonchev–Trinajstić information content (AvgIpc) is 3.01. The number of nitrogens with zero attached hydrogens (tertiary/aromatic N) is 2. The number of hydrogen-bond acceptors (Lipinski definition) is 3. The van der Waals surface area contributed by atoms with E-state index in [0.717, 1.165) is 15.8 Å². The molecule has 0 spiro atoms.